The molecule has 4 rings (SSSR count). The van der Waals surface area contributed by atoms with Crippen LogP contribution >= 0.6 is 22.9 Å². The first-order chi connectivity index (χ1) is 17.6. The molecule has 3 heterocycles. The zero-order valence-electron chi connectivity index (χ0n) is 19.5. The van der Waals surface area contributed by atoms with Gasteiger partial charge in [-0.1, -0.05) is 23.7 Å². The number of halogens is 1. The van der Waals surface area contributed by atoms with Crippen molar-refractivity contribution in [2.45, 2.75) is 25.4 Å². The van der Waals surface area contributed by atoms with Crippen LogP contribution in [-0.4, -0.2) is 76.1 Å². The van der Waals surface area contributed by atoms with E-state index in [0.717, 1.165) is 17.0 Å². The third kappa shape index (κ3) is 6.60. The highest BCUT2D eigenvalue weighted by Gasteiger charge is 2.28. The third-order valence-corrected chi connectivity index (χ3v) is 9.35. The fourth-order valence-corrected chi connectivity index (χ4v) is 6.87. The average molecular weight is 569 g/mol. The second kappa shape index (κ2) is 11.5. The maximum atomic E-state index is 12.7. The quantitative estimate of drug-likeness (QED) is 0.316. The summed E-state index contributed by atoms with van der Waals surface area (Å²) in [5.74, 6) is -2.69. The summed E-state index contributed by atoms with van der Waals surface area (Å²) in [4.78, 5) is 22.8. The number of rotatable bonds is 11. The number of carbonyl (C=O) groups is 2. The molecule has 0 amide bonds. The Morgan fingerprint density at radius 3 is 2.62 bits per heavy atom. The number of hydrogen-bond donors (Lipinski definition) is 3. The lowest BCUT2D eigenvalue weighted by Crippen LogP contribution is -2.43. The molecule has 2 aromatic heterocycles. The second-order valence-corrected chi connectivity index (χ2v) is 11.9. The van der Waals surface area contributed by atoms with Crippen LogP contribution in [0.4, 0.5) is 5.69 Å². The van der Waals surface area contributed by atoms with E-state index in [2.05, 4.69) is 10.4 Å². The minimum atomic E-state index is -3.39. The van der Waals surface area contributed by atoms with Crippen LogP contribution in [0.25, 0.3) is 10.4 Å². The summed E-state index contributed by atoms with van der Waals surface area (Å²) >= 11 is 7.30. The van der Waals surface area contributed by atoms with Crippen LogP contribution in [0.15, 0.2) is 42.7 Å². The van der Waals surface area contributed by atoms with Crippen molar-refractivity contribution < 1.29 is 33.0 Å². The SMILES string of the molecule is O=C(O)COc1c(C(=O)O)sc(-c2cccc(NC3CCN(S(=O)(=O)CCn4cccn4)CC3)c2)c1Cl. The molecule has 0 saturated carbocycles. The van der Waals surface area contributed by atoms with E-state index < -0.39 is 28.6 Å². The summed E-state index contributed by atoms with van der Waals surface area (Å²) in [6.45, 7) is 0.400. The molecule has 3 N–H and O–H groups in total. The number of carboxylic acid groups (broad SMARTS) is 2. The molecule has 0 spiro atoms. The molecule has 0 aliphatic carbocycles. The van der Waals surface area contributed by atoms with Crippen molar-refractivity contribution >= 4 is 50.6 Å². The Morgan fingerprint density at radius 1 is 1.22 bits per heavy atom. The van der Waals surface area contributed by atoms with Crippen molar-refractivity contribution in [3.05, 3.63) is 52.6 Å². The van der Waals surface area contributed by atoms with E-state index in [0.29, 0.717) is 42.9 Å². The van der Waals surface area contributed by atoms with Gasteiger partial charge in [0.15, 0.2) is 17.2 Å². The van der Waals surface area contributed by atoms with E-state index in [1.165, 1.54) is 4.31 Å². The summed E-state index contributed by atoms with van der Waals surface area (Å²) in [6, 6.07) is 9.04. The smallest absolute Gasteiger partial charge is 0.349 e. The highest BCUT2D eigenvalue weighted by atomic mass is 35.5. The van der Waals surface area contributed by atoms with Gasteiger partial charge in [0.25, 0.3) is 0 Å². The van der Waals surface area contributed by atoms with Crippen molar-refractivity contribution in [3.63, 3.8) is 0 Å². The summed E-state index contributed by atoms with van der Waals surface area (Å²) in [5.41, 5.74) is 1.41. The van der Waals surface area contributed by atoms with Gasteiger partial charge in [-0.15, -0.1) is 11.3 Å². The largest absolute Gasteiger partial charge is 0.479 e. The number of hydrogen-bond acceptors (Lipinski definition) is 8. The van der Waals surface area contributed by atoms with Crippen molar-refractivity contribution in [1.29, 1.82) is 0 Å². The first-order valence-electron chi connectivity index (χ1n) is 11.4. The Balaban J connectivity index is 1.40. The first kappa shape index (κ1) is 26.9. The molecule has 11 nitrogen and oxygen atoms in total. The lowest BCUT2D eigenvalue weighted by atomic mass is 10.1. The van der Waals surface area contributed by atoms with Crippen LogP contribution in [0.3, 0.4) is 0 Å². The molecule has 37 heavy (non-hydrogen) atoms. The van der Waals surface area contributed by atoms with Crippen LogP contribution in [0.2, 0.25) is 5.02 Å². The van der Waals surface area contributed by atoms with Gasteiger partial charge in [-0.3, -0.25) is 4.68 Å². The van der Waals surface area contributed by atoms with Gasteiger partial charge in [0.2, 0.25) is 10.0 Å². The highest BCUT2D eigenvalue weighted by molar-refractivity contribution is 7.89. The molecule has 0 bridgehead atoms. The molecule has 1 aliphatic heterocycles. The molecule has 1 aliphatic rings. The number of aliphatic carboxylic acids is 1. The third-order valence-electron chi connectivity index (χ3n) is 5.82. The number of carboxylic acids is 2. The molecular formula is C23H25ClN4O7S2. The van der Waals surface area contributed by atoms with Crippen molar-refractivity contribution in [3.8, 4) is 16.2 Å². The molecule has 0 unspecified atom stereocenters. The minimum absolute atomic E-state index is 0.00705. The minimum Gasteiger partial charge on any atom is -0.479 e. The summed E-state index contributed by atoms with van der Waals surface area (Å²) in [6.07, 6.45) is 4.60. The van der Waals surface area contributed by atoms with Crippen molar-refractivity contribution in [1.82, 2.24) is 14.1 Å². The Kier molecular flexibility index (Phi) is 8.37. The molecule has 14 heteroatoms. The zero-order chi connectivity index (χ0) is 26.6. The maximum Gasteiger partial charge on any atom is 0.349 e. The first-order valence-corrected chi connectivity index (χ1v) is 14.2. The lowest BCUT2D eigenvalue weighted by Gasteiger charge is -2.32. The molecule has 1 aromatic carbocycles. The Hall–Kier alpha value is -3.13. The number of anilines is 1. The Labute approximate surface area is 222 Å². The van der Waals surface area contributed by atoms with Gasteiger partial charge in [-0.25, -0.2) is 22.3 Å². The van der Waals surface area contributed by atoms with Crippen LogP contribution in [-0.2, 0) is 21.4 Å². The normalized spacial score (nSPS) is 14.9. The predicted octanol–water partition coefficient (Wildman–Crippen LogP) is 3.33. The van der Waals surface area contributed by atoms with Gasteiger partial charge in [0.1, 0.15) is 5.02 Å². The molecule has 0 radical (unpaired) electrons. The second-order valence-electron chi connectivity index (χ2n) is 8.37. The number of aromatic carboxylic acids is 1. The fraction of sp³-hybridized carbons (Fsp3) is 0.348. The standard InChI is InChI=1S/C23H25ClN4O7S2/c24-19-20(35-14-18(29)30)22(23(31)32)36-21(19)15-3-1-4-17(13-15)26-16-5-9-28(10-6-16)37(33,34)12-11-27-8-2-7-25-27/h1-4,7-8,13,16,26H,5-6,9-12,14H2,(H,29,30)(H,31,32). The number of nitrogens with one attached hydrogen (secondary N) is 1. The van der Waals surface area contributed by atoms with Crippen LogP contribution in [0.1, 0.15) is 22.5 Å². The van der Waals surface area contributed by atoms with Gasteiger partial charge in [-0.2, -0.15) is 5.10 Å². The Bertz CT molecular complexity index is 1370. The van der Waals surface area contributed by atoms with Gasteiger partial charge < -0.3 is 20.3 Å². The molecule has 198 valence electrons. The van der Waals surface area contributed by atoms with E-state index in [9.17, 15) is 23.1 Å². The molecule has 0 atom stereocenters. The van der Waals surface area contributed by atoms with Crippen molar-refractivity contribution in [2.24, 2.45) is 0 Å². The highest BCUT2D eigenvalue weighted by Crippen LogP contribution is 2.46. The number of piperidine rings is 1. The summed E-state index contributed by atoms with van der Waals surface area (Å²) in [5, 5.41) is 25.9. The number of benzene rings is 1. The van der Waals surface area contributed by atoms with Gasteiger partial charge >= 0.3 is 11.9 Å². The van der Waals surface area contributed by atoms with Crippen LogP contribution in [0.5, 0.6) is 5.75 Å². The van der Waals surface area contributed by atoms with Crippen LogP contribution in [0, 0.1) is 0 Å². The topological polar surface area (TPSA) is 151 Å². The summed E-state index contributed by atoms with van der Waals surface area (Å²) < 4.78 is 33.7. The van der Waals surface area contributed by atoms with E-state index in [1.54, 1.807) is 35.3 Å². The number of ether oxygens (including phenoxy) is 1. The van der Waals surface area contributed by atoms with E-state index in [4.69, 9.17) is 21.4 Å². The predicted molar refractivity (Wildman–Crippen MR) is 139 cm³/mol. The fourth-order valence-electron chi connectivity index (χ4n) is 4.02. The van der Waals surface area contributed by atoms with Gasteiger partial charge in [0, 0.05) is 37.2 Å². The number of nitrogens with zero attached hydrogens (tertiary/aromatic N) is 3. The average Bonchev–Trinajstić information content (AvgIpc) is 3.50. The van der Waals surface area contributed by atoms with Crippen LogP contribution < -0.4 is 10.1 Å². The lowest BCUT2D eigenvalue weighted by molar-refractivity contribution is -0.139. The van der Waals surface area contributed by atoms with Crippen molar-refractivity contribution in [2.75, 3.05) is 30.8 Å². The molecule has 3 aromatic rings. The summed E-state index contributed by atoms with van der Waals surface area (Å²) in [7, 11) is -3.39. The van der Waals surface area contributed by atoms with E-state index >= 15 is 0 Å². The molecule has 1 saturated heterocycles. The van der Waals surface area contributed by atoms with Gasteiger partial charge in [0.05, 0.1) is 17.2 Å². The van der Waals surface area contributed by atoms with E-state index in [-0.39, 0.29) is 27.4 Å². The maximum absolute atomic E-state index is 12.7. The number of aryl methyl sites for hydroxylation is 1. The number of aromatic nitrogens is 2. The monoisotopic (exact) mass is 568 g/mol. The molecular weight excluding hydrogens is 544 g/mol. The number of sulfonamides is 1. The van der Waals surface area contributed by atoms with E-state index in [1.807, 2.05) is 12.1 Å². The number of thiophene rings is 1. The van der Waals surface area contributed by atoms with Gasteiger partial charge in [-0.05, 0) is 36.6 Å². The Morgan fingerprint density at radius 2 is 1.97 bits per heavy atom. The zero-order valence-corrected chi connectivity index (χ0v) is 21.9. The molecule has 1 fully saturated rings.